The van der Waals surface area contributed by atoms with Gasteiger partial charge in [0.15, 0.2) is 0 Å². The highest BCUT2D eigenvalue weighted by Gasteiger charge is 2.24. The van der Waals surface area contributed by atoms with E-state index in [0.29, 0.717) is 5.69 Å². The molecule has 2 aromatic carbocycles. The smallest absolute Gasteiger partial charge is 0.258 e. The minimum atomic E-state index is -0.317. The van der Waals surface area contributed by atoms with Gasteiger partial charge in [0, 0.05) is 23.3 Å². The average molecular weight is 273 g/mol. The number of nitrogens with zero attached hydrogens (tertiary/aromatic N) is 1. The zero-order chi connectivity index (χ0) is 14.7. The monoisotopic (exact) mass is 273 g/mol. The van der Waals surface area contributed by atoms with Crippen LogP contribution in [0.15, 0.2) is 66.7 Å². The molecule has 3 heteroatoms. The van der Waals surface area contributed by atoms with Crippen LogP contribution in [0.4, 0.5) is 5.69 Å². The van der Waals surface area contributed by atoms with Gasteiger partial charge in [-0.15, -0.1) is 0 Å². The first-order valence-electron chi connectivity index (χ1n) is 6.47. The summed E-state index contributed by atoms with van der Waals surface area (Å²) in [6.45, 7) is 0. The molecule has 1 heterocycles. The molecular weight excluding hydrogens is 262 g/mol. The van der Waals surface area contributed by atoms with Crippen LogP contribution in [0.25, 0.3) is 0 Å². The zero-order valence-corrected chi connectivity index (χ0v) is 11.1. The number of hydrogen-bond donors (Lipinski definition) is 0. The molecular formula is C18H11NO2. The third kappa shape index (κ3) is 2.75. The van der Waals surface area contributed by atoms with Crippen molar-refractivity contribution < 1.29 is 9.59 Å². The van der Waals surface area contributed by atoms with Crippen LogP contribution in [0.2, 0.25) is 0 Å². The van der Waals surface area contributed by atoms with Gasteiger partial charge in [0.1, 0.15) is 0 Å². The Balaban J connectivity index is 1.81. The highest BCUT2D eigenvalue weighted by atomic mass is 16.2. The standard InChI is InChI=1S/C18H11NO2/c20-17-12-13-18(21)19(17)16-10-8-15(9-11-16)7-6-14-4-2-1-3-5-14/h1-5,8-13H. The molecule has 0 bridgehead atoms. The SMILES string of the molecule is O=C1C=CC(=O)N1c1ccc(C#Cc2ccccc2)cc1. The predicted octanol–water partition coefficient (Wildman–Crippen LogP) is 2.52. The van der Waals surface area contributed by atoms with E-state index in [9.17, 15) is 9.59 Å². The van der Waals surface area contributed by atoms with Crippen LogP contribution in [0.5, 0.6) is 0 Å². The summed E-state index contributed by atoms with van der Waals surface area (Å²) in [6, 6.07) is 16.7. The largest absolute Gasteiger partial charge is 0.269 e. The van der Waals surface area contributed by atoms with Crippen molar-refractivity contribution in [1.29, 1.82) is 0 Å². The third-order valence-electron chi connectivity index (χ3n) is 3.06. The third-order valence-corrected chi connectivity index (χ3v) is 3.06. The maximum absolute atomic E-state index is 11.6. The van der Waals surface area contributed by atoms with Crippen molar-refractivity contribution in [1.82, 2.24) is 0 Å². The lowest BCUT2D eigenvalue weighted by atomic mass is 10.1. The molecule has 0 saturated carbocycles. The van der Waals surface area contributed by atoms with Crippen molar-refractivity contribution in [3.8, 4) is 11.8 Å². The molecule has 0 atom stereocenters. The molecule has 0 unspecified atom stereocenters. The van der Waals surface area contributed by atoms with E-state index in [-0.39, 0.29) is 11.8 Å². The fourth-order valence-electron chi connectivity index (χ4n) is 2.01. The molecule has 0 spiro atoms. The van der Waals surface area contributed by atoms with Gasteiger partial charge in [-0.05, 0) is 36.4 Å². The predicted molar refractivity (Wildman–Crippen MR) is 80.5 cm³/mol. The molecule has 21 heavy (non-hydrogen) atoms. The second-order valence-corrected chi connectivity index (χ2v) is 4.51. The Bertz CT molecular complexity index is 759. The van der Waals surface area contributed by atoms with Crippen LogP contribution in [-0.2, 0) is 9.59 Å². The van der Waals surface area contributed by atoms with Crippen molar-refractivity contribution in [2.75, 3.05) is 4.90 Å². The summed E-state index contributed by atoms with van der Waals surface area (Å²) in [4.78, 5) is 24.3. The van der Waals surface area contributed by atoms with Crippen molar-refractivity contribution in [3.05, 3.63) is 77.9 Å². The van der Waals surface area contributed by atoms with Crippen LogP contribution in [0, 0.1) is 11.8 Å². The van der Waals surface area contributed by atoms with Crippen LogP contribution in [-0.4, -0.2) is 11.8 Å². The Morgan fingerprint density at radius 3 is 1.76 bits per heavy atom. The van der Waals surface area contributed by atoms with Crippen molar-refractivity contribution in [2.45, 2.75) is 0 Å². The molecule has 0 radical (unpaired) electrons. The van der Waals surface area contributed by atoms with Gasteiger partial charge in [-0.3, -0.25) is 9.59 Å². The van der Waals surface area contributed by atoms with Gasteiger partial charge < -0.3 is 0 Å². The molecule has 0 N–H and O–H groups in total. The van der Waals surface area contributed by atoms with Crippen molar-refractivity contribution in [2.24, 2.45) is 0 Å². The lowest BCUT2D eigenvalue weighted by molar-refractivity contribution is -0.119. The number of rotatable bonds is 1. The molecule has 0 saturated heterocycles. The fraction of sp³-hybridized carbons (Fsp3) is 0. The van der Waals surface area contributed by atoms with Gasteiger partial charge in [0.2, 0.25) is 0 Å². The number of carbonyl (C=O) groups is 2. The van der Waals surface area contributed by atoms with Gasteiger partial charge >= 0.3 is 0 Å². The maximum Gasteiger partial charge on any atom is 0.258 e. The summed E-state index contributed by atoms with van der Waals surface area (Å²) >= 11 is 0. The van der Waals surface area contributed by atoms with Crippen LogP contribution >= 0.6 is 0 Å². The molecule has 0 aromatic heterocycles. The Morgan fingerprint density at radius 2 is 1.19 bits per heavy atom. The number of carbonyl (C=O) groups excluding carboxylic acids is 2. The van der Waals surface area contributed by atoms with Crippen molar-refractivity contribution >= 4 is 17.5 Å². The molecule has 0 fully saturated rings. The molecule has 1 aliphatic rings. The molecule has 1 aliphatic heterocycles. The van der Waals surface area contributed by atoms with Gasteiger partial charge in [0.25, 0.3) is 11.8 Å². The van der Waals surface area contributed by atoms with Gasteiger partial charge in [-0.1, -0.05) is 30.0 Å². The summed E-state index contributed by atoms with van der Waals surface area (Å²) in [5.74, 6) is 5.47. The normalized spacial score (nSPS) is 13.2. The summed E-state index contributed by atoms with van der Waals surface area (Å²) < 4.78 is 0. The minimum Gasteiger partial charge on any atom is -0.269 e. The van der Waals surface area contributed by atoms with Crippen LogP contribution in [0.3, 0.4) is 0 Å². The Kier molecular flexibility index (Phi) is 3.36. The Labute approximate surface area is 122 Å². The topological polar surface area (TPSA) is 37.4 Å². The average Bonchev–Trinajstić information content (AvgIpc) is 2.86. The van der Waals surface area contributed by atoms with E-state index in [1.807, 2.05) is 30.3 Å². The van der Waals surface area contributed by atoms with Crippen molar-refractivity contribution in [3.63, 3.8) is 0 Å². The molecule has 3 rings (SSSR count). The number of hydrogen-bond acceptors (Lipinski definition) is 2. The molecule has 100 valence electrons. The second kappa shape index (κ2) is 5.48. The van der Waals surface area contributed by atoms with Crippen LogP contribution < -0.4 is 4.90 Å². The highest BCUT2D eigenvalue weighted by Crippen LogP contribution is 2.19. The van der Waals surface area contributed by atoms with Crippen LogP contribution in [0.1, 0.15) is 11.1 Å². The lowest BCUT2D eigenvalue weighted by Crippen LogP contribution is -2.29. The lowest BCUT2D eigenvalue weighted by Gasteiger charge is -2.13. The first-order valence-corrected chi connectivity index (χ1v) is 6.47. The van der Waals surface area contributed by atoms with E-state index in [1.165, 1.54) is 12.2 Å². The van der Waals surface area contributed by atoms with E-state index >= 15 is 0 Å². The Morgan fingerprint density at radius 1 is 0.667 bits per heavy atom. The minimum absolute atomic E-state index is 0.317. The maximum atomic E-state index is 11.6. The Hall–Kier alpha value is -3.12. The highest BCUT2D eigenvalue weighted by molar-refractivity contribution is 6.28. The first-order chi connectivity index (χ1) is 10.2. The quantitative estimate of drug-likeness (QED) is 0.591. The van der Waals surface area contributed by atoms with E-state index in [4.69, 9.17) is 0 Å². The second-order valence-electron chi connectivity index (χ2n) is 4.51. The molecule has 2 amide bonds. The fourth-order valence-corrected chi connectivity index (χ4v) is 2.01. The van der Waals surface area contributed by atoms with E-state index in [2.05, 4.69) is 11.8 Å². The van der Waals surface area contributed by atoms with E-state index < -0.39 is 0 Å². The molecule has 3 nitrogen and oxygen atoms in total. The van der Waals surface area contributed by atoms with E-state index in [1.54, 1.807) is 24.3 Å². The number of imide groups is 1. The molecule has 2 aromatic rings. The summed E-state index contributed by atoms with van der Waals surface area (Å²) in [5, 5.41) is 0. The molecule has 0 aliphatic carbocycles. The number of amides is 2. The number of benzene rings is 2. The van der Waals surface area contributed by atoms with Gasteiger partial charge in [-0.2, -0.15) is 0 Å². The summed E-state index contributed by atoms with van der Waals surface area (Å²) in [6.07, 6.45) is 2.54. The van der Waals surface area contributed by atoms with Gasteiger partial charge in [-0.25, -0.2) is 4.90 Å². The van der Waals surface area contributed by atoms with E-state index in [0.717, 1.165) is 16.0 Å². The first kappa shape index (κ1) is 12.9. The summed E-state index contributed by atoms with van der Waals surface area (Å²) in [5.41, 5.74) is 2.32. The number of anilines is 1. The zero-order valence-electron chi connectivity index (χ0n) is 11.1. The summed E-state index contributed by atoms with van der Waals surface area (Å²) in [7, 11) is 0. The van der Waals surface area contributed by atoms with Gasteiger partial charge in [0.05, 0.1) is 5.69 Å².